The Hall–Kier alpha value is -0.610. The molecule has 0 amide bonds. The highest BCUT2D eigenvalue weighted by molar-refractivity contribution is 9.10. The van der Waals surface area contributed by atoms with Gasteiger partial charge in [-0.2, -0.15) is 0 Å². The van der Waals surface area contributed by atoms with E-state index in [4.69, 9.17) is 0 Å². The molecule has 3 nitrogen and oxygen atoms in total. The van der Waals surface area contributed by atoms with Crippen molar-refractivity contribution in [3.8, 4) is 0 Å². The lowest BCUT2D eigenvalue weighted by atomic mass is 9.99. The summed E-state index contributed by atoms with van der Waals surface area (Å²) in [6.07, 6.45) is 6.02. The van der Waals surface area contributed by atoms with E-state index in [1.54, 1.807) is 0 Å². The molecule has 2 fully saturated rings. The van der Waals surface area contributed by atoms with Crippen molar-refractivity contribution in [2.45, 2.75) is 25.3 Å². The van der Waals surface area contributed by atoms with Crippen LogP contribution in [0.4, 0.5) is 5.82 Å². The Balaban J connectivity index is 1.71. The summed E-state index contributed by atoms with van der Waals surface area (Å²) in [4.78, 5) is 9.58. The fraction of sp³-hybridized carbons (Fsp3) is 0.615. The Morgan fingerprint density at radius 2 is 2.12 bits per heavy atom. The van der Waals surface area contributed by atoms with Crippen LogP contribution in [0.25, 0.3) is 0 Å². The first kappa shape index (κ1) is 11.5. The Bertz CT molecular complexity index is 379. The Labute approximate surface area is 111 Å². The number of fused-ring (bicyclic) bond motifs is 1. The van der Waals surface area contributed by atoms with Crippen molar-refractivity contribution in [3.05, 3.63) is 22.8 Å². The van der Waals surface area contributed by atoms with Gasteiger partial charge >= 0.3 is 0 Å². The summed E-state index contributed by atoms with van der Waals surface area (Å²) in [7, 11) is 0. The summed E-state index contributed by atoms with van der Waals surface area (Å²) in [5.41, 5.74) is 0. The number of halogens is 1. The van der Waals surface area contributed by atoms with Gasteiger partial charge in [-0.15, -0.1) is 0 Å². The average Bonchev–Trinajstić information content (AvgIpc) is 2.39. The average molecular weight is 296 g/mol. The lowest BCUT2D eigenvalue weighted by Gasteiger charge is -2.44. The van der Waals surface area contributed by atoms with Gasteiger partial charge in [0.15, 0.2) is 0 Å². The molecule has 2 aliphatic heterocycles. The van der Waals surface area contributed by atoms with Crippen LogP contribution in [0.2, 0.25) is 0 Å². The maximum atomic E-state index is 4.50. The second-order valence-corrected chi connectivity index (χ2v) is 5.88. The Kier molecular flexibility index (Phi) is 3.34. The van der Waals surface area contributed by atoms with Gasteiger partial charge in [0.25, 0.3) is 0 Å². The van der Waals surface area contributed by atoms with Crippen molar-refractivity contribution < 1.29 is 0 Å². The van der Waals surface area contributed by atoms with E-state index in [1.807, 2.05) is 6.20 Å². The van der Waals surface area contributed by atoms with E-state index in [0.717, 1.165) is 29.4 Å². The van der Waals surface area contributed by atoms with Crippen molar-refractivity contribution in [1.29, 1.82) is 0 Å². The van der Waals surface area contributed by atoms with Gasteiger partial charge in [0.05, 0.1) is 0 Å². The van der Waals surface area contributed by atoms with E-state index >= 15 is 0 Å². The van der Waals surface area contributed by atoms with Crippen LogP contribution >= 0.6 is 15.9 Å². The smallest absolute Gasteiger partial charge is 0.128 e. The van der Waals surface area contributed by atoms with Gasteiger partial charge in [-0.3, -0.25) is 4.90 Å². The van der Waals surface area contributed by atoms with Crippen LogP contribution in [0.3, 0.4) is 0 Å². The fourth-order valence-corrected chi connectivity index (χ4v) is 3.15. The maximum absolute atomic E-state index is 4.50. The van der Waals surface area contributed by atoms with Crippen LogP contribution in [-0.4, -0.2) is 42.1 Å². The molecule has 0 saturated carbocycles. The predicted molar refractivity (Wildman–Crippen MR) is 73.4 cm³/mol. The van der Waals surface area contributed by atoms with Crippen LogP contribution in [0.5, 0.6) is 0 Å². The molecular weight excluding hydrogens is 278 g/mol. The van der Waals surface area contributed by atoms with E-state index in [0.29, 0.717) is 0 Å². The number of piperazine rings is 1. The van der Waals surface area contributed by atoms with E-state index in [-0.39, 0.29) is 0 Å². The Morgan fingerprint density at radius 1 is 1.18 bits per heavy atom. The van der Waals surface area contributed by atoms with Crippen molar-refractivity contribution >= 4 is 21.7 Å². The lowest BCUT2D eigenvalue weighted by Crippen LogP contribution is -2.55. The summed E-state index contributed by atoms with van der Waals surface area (Å²) in [6.45, 7) is 4.76. The third kappa shape index (κ3) is 2.47. The molecule has 2 saturated heterocycles. The minimum atomic E-state index is 0.753. The molecule has 2 aliphatic rings. The number of pyridine rings is 1. The second kappa shape index (κ2) is 4.94. The quantitative estimate of drug-likeness (QED) is 0.794. The zero-order valence-corrected chi connectivity index (χ0v) is 11.6. The minimum Gasteiger partial charge on any atom is -0.354 e. The first-order valence-corrected chi connectivity index (χ1v) is 7.23. The maximum Gasteiger partial charge on any atom is 0.128 e. The fourth-order valence-electron chi connectivity index (χ4n) is 2.92. The third-order valence-electron chi connectivity index (χ3n) is 3.87. The normalized spacial score (nSPS) is 25.7. The van der Waals surface area contributed by atoms with Gasteiger partial charge in [0.1, 0.15) is 5.82 Å². The SMILES string of the molecule is Brc1ccc(N2CCN3CCCCC3C2)nc1. The van der Waals surface area contributed by atoms with Gasteiger partial charge in [0, 0.05) is 36.3 Å². The molecule has 0 spiro atoms. The topological polar surface area (TPSA) is 19.4 Å². The molecule has 92 valence electrons. The molecule has 0 bridgehead atoms. The number of nitrogens with zero attached hydrogens (tertiary/aromatic N) is 3. The highest BCUT2D eigenvalue weighted by Gasteiger charge is 2.29. The van der Waals surface area contributed by atoms with Crippen LogP contribution < -0.4 is 4.90 Å². The van der Waals surface area contributed by atoms with Crippen LogP contribution in [0, 0.1) is 0 Å². The zero-order valence-electron chi connectivity index (χ0n) is 9.98. The van der Waals surface area contributed by atoms with Crippen molar-refractivity contribution in [2.24, 2.45) is 0 Å². The standard InChI is InChI=1S/C13H18BrN3/c14-11-4-5-13(15-9-11)17-8-7-16-6-2-1-3-12(16)10-17/h4-5,9,12H,1-3,6-8,10H2. The highest BCUT2D eigenvalue weighted by atomic mass is 79.9. The third-order valence-corrected chi connectivity index (χ3v) is 4.34. The molecule has 4 heteroatoms. The van der Waals surface area contributed by atoms with E-state index in [9.17, 15) is 0 Å². The molecule has 1 atom stereocenters. The first-order valence-electron chi connectivity index (χ1n) is 6.43. The molecule has 0 aliphatic carbocycles. The number of piperidine rings is 1. The number of hydrogen-bond acceptors (Lipinski definition) is 3. The van der Waals surface area contributed by atoms with Gasteiger partial charge in [-0.1, -0.05) is 6.42 Å². The van der Waals surface area contributed by atoms with Crippen LogP contribution in [0.1, 0.15) is 19.3 Å². The number of rotatable bonds is 1. The molecule has 3 rings (SSSR count). The molecule has 1 aromatic rings. The molecule has 0 radical (unpaired) electrons. The monoisotopic (exact) mass is 295 g/mol. The molecule has 17 heavy (non-hydrogen) atoms. The summed E-state index contributed by atoms with van der Waals surface area (Å²) in [5, 5.41) is 0. The number of aromatic nitrogens is 1. The van der Waals surface area contributed by atoms with Crippen LogP contribution in [0.15, 0.2) is 22.8 Å². The van der Waals surface area contributed by atoms with Gasteiger partial charge in [-0.25, -0.2) is 4.98 Å². The molecular formula is C13H18BrN3. The van der Waals surface area contributed by atoms with Gasteiger partial charge in [-0.05, 0) is 47.4 Å². The summed E-state index contributed by atoms with van der Waals surface area (Å²) >= 11 is 3.44. The summed E-state index contributed by atoms with van der Waals surface area (Å²) in [5.74, 6) is 1.12. The van der Waals surface area contributed by atoms with Crippen molar-refractivity contribution in [3.63, 3.8) is 0 Å². The highest BCUT2D eigenvalue weighted by Crippen LogP contribution is 2.24. The largest absolute Gasteiger partial charge is 0.354 e. The van der Waals surface area contributed by atoms with E-state index in [2.05, 4.69) is 42.8 Å². The second-order valence-electron chi connectivity index (χ2n) is 4.97. The number of hydrogen-bond donors (Lipinski definition) is 0. The minimum absolute atomic E-state index is 0.753. The Morgan fingerprint density at radius 3 is 2.94 bits per heavy atom. The van der Waals surface area contributed by atoms with Gasteiger partial charge < -0.3 is 4.90 Å². The zero-order chi connectivity index (χ0) is 11.7. The van der Waals surface area contributed by atoms with Crippen molar-refractivity contribution in [2.75, 3.05) is 31.1 Å². The van der Waals surface area contributed by atoms with E-state index < -0.39 is 0 Å². The van der Waals surface area contributed by atoms with E-state index in [1.165, 1.54) is 32.4 Å². The molecule has 1 unspecified atom stereocenters. The lowest BCUT2D eigenvalue weighted by molar-refractivity contribution is 0.133. The molecule has 1 aromatic heterocycles. The van der Waals surface area contributed by atoms with Crippen LogP contribution in [-0.2, 0) is 0 Å². The summed E-state index contributed by atoms with van der Waals surface area (Å²) < 4.78 is 1.05. The summed E-state index contributed by atoms with van der Waals surface area (Å²) in [6, 6.07) is 4.95. The predicted octanol–water partition coefficient (Wildman–Crippen LogP) is 2.52. The number of anilines is 1. The molecule has 0 N–H and O–H groups in total. The van der Waals surface area contributed by atoms with Crippen molar-refractivity contribution in [1.82, 2.24) is 9.88 Å². The first-order chi connectivity index (χ1) is 8.33. The molecule has 0 aromatic carbocycles. The molecule has 3 heterocycles. The van der Waals surface area contributed by atoms with Gasteiger partial charge in [0.2, 0.25) is 0 Å².